The first-order valence-corrected chi connectivity index (χ1v) is 8.74. The van der Waals surface area contributed by atoms with Crippen LogP contribution in [0, 0.1) is 0 Å². The molecule has 0 bridgehead atoms. The van der Waals surface area contributed by atoms with Crippen LogP contribution in [0.25, 0.3) is 0 Å². The number of hydrogen-bond donors (Lipinski definition) is 2. The molecule has 0 saturated carbocycles. The Morgan fingerprint density at radius 3 is 2.73 bits per heavy atom. The number of ether oxygens (including phenoxy) is 1. The number of anilines is 2. The van der Waals surface area contributed by atoms with E-state index in [1.165, 1.54) is 23.1 Å². The Kier molecular flexibility index (Phi) is 6.47. The molecule has 2 aromatic rings. The van der Waals surface area contributed by atoms with E-state index in [0.717, 1.165) is 15.8 Å². The first kappa shape index (κ1) is 16.6. The minimum Gasteiger partial charge on any atom is -0.494 e. The lowest BCUT2D eigenvalue weighted by Gasteiger charge is -2.05. The molecule has 0 spiro atoms. The van der Waals surface area contributed by atoms with Crippen LogP contribution < -0.4 is 15.4 Å². The van der Waals surface area contributed by atoms with E-state index in [1.54, 1.807) is 0 Å². The van der Waals surface area contributed by atoms with E-state index in [-0.39, 0.29) is 5.91 Å². The molecule has 0 aliphatic rings. The van der Waals surface area contributed by atoms with Crippen LogP contribution in [0.15, 0.2) is 28.6 Å². The van der Waals surface area contributed by atoms with Gasteiger partial charge >= 0.3 is 0 Å². The Hall–Kier alpha value is -1.80. The van der Waals surface area contributed by atoms with Crippen molar-refractivity contribution < 1.29 is 9.53 Å². The largest absolute Gasteiger partial charge is 0.494 e. The molecule has 22 heavy (non-hydrogen) atoms. The van der Waals surface area contributed by atoms with Gasteiger partial charge in [-0.05, 0) is 38.1 Å². The predicted molar refractivity (Wildman–Crippen MR) is 90.2 cm³/mol. The van der Waals surface area contributed by atoms with Crippen LogP contribution in [0.4, 0.5) is 10.8 Å². The smallest absolute Gasteiger partial charge is 0.230 e. The molecule has 2 rings (SSSR count). The summed E-state index contributed by atoms with van der Waals surface area (Å²) in [6.07, 6.45) is 0. The summed E-state index contributed by atoms with van der Waals surface area (Å²) in [5.74, 6) is 1.19. The number of hydrogen-bond acceptors (Lipinski definition) is 7. The minimum atomic E-state index is 0.00345. The van der Waals surface area contributed by atoms with Gasteiger partial charge in [-0.1, -0.05) is 23.1 Å². The molecule has 1 aromatic heterocycles. The van der Waals surface area contributed by atoms with E-state index in [4.69, 9.17) is 4.74 Å². The molecule has 8 heteroatoms. The van der Waals surface area contributed by atoms with Gasteiger partial charge in [-0.15, -0.1) is 10.2 Å². The maximum atomic E-state index is 11.4. The van der Waals surface area contributed by atoms with Gasteiger partial charge in [0.15, 0.2) is 4.34 Å². The quantitative estimate of drug-likeness (QED) is 0.721. The van der Waals surface area contributed by atoms with Gasteiger partial charge in [-0.25, -0.2) is 0 Å². The lowest BCUT2D eigenvalue weighted by atomic mass is 10.3. The fourth-order valence-corrected chi connectivity index (χ4v) is 3.22. The third-order valence-corrected chi connectivity index (χ3v) is 4.50. The molecule has 2 N–H and O–H groups in total. The Labute approximate surface area is 137 Å². The van der Waals surface area contributed by atoms with Gasteiger partial charge in [0.2, 0.25) is 11.0 Å². The number of carbonyl (C=O) groups excluding carboxylic acids is 1. The van der Waals surface area contributed by atoms with Crippen molar-refractivity contribution in [3.8, 4) is 5.75 Å². The van der Waals surface area contributed by atoms with E-state index in [2.05, 4.69) is 20.8 Å². The van der Waals surface area contributed by atoms with Crippen LogP contribution in [0.2, 0.25) is 0 Å². The van der Waals surface area contributed by atoms with Crippen molar-refractivity contribution in [2.75, 3.05) is 24.2 Å². The summed E-state index contributed by atoms with van der Waals surface area (Å²) in [5.41, 5.74) is 0.917. The van der Waals surface area contributed by atoms with Gasteiger partial charge in [0.25, 0.3) is 0 Å². The van der Waals surface area contributed by atoms with Crippen molar-refractivity contribution >= 4 is 39.8 Å². The highest BCUT2D eigenvalue weighted by Crippen LogP contribution is 2.28. The fourth-order valence-electron chi connectivity index (χ4n) is 1.62. The maximum absolute atomic E-state index is 11.4. The zero-order valence-electron chi connectivity index (χ0n) is 12.5. The maximum Gasteiger partial charge on any atom is 0.230 e. The number of nitrogens with zero attached hydrogens (tertiary/aromatic N) is 2. The van der Waals surface area contributed by atoms with Crippen LogP contribution in [0.5, 0.6) is 5.75 Å². The molecule has 1 amide bonds. The van der Waals surface area contributed by atoms with Gasteiger partial charge in [0.1, 0.15) is 5.75 Å². The van der Waals surface area contributed by atoms with E-state index in [0.29, 0.717) is 24.0 Å². The second-order valence-electron chi connectivity index (χ2n) is 4.20. The van der Waals surface area contributed by atoms with Gasteiger partial charge in [0.05, 0.1) is 12.4 Å². The summed E-state index contributed by atoms with van der Waals surface area (Å²) >= 11 is 2.80. The molecular weight excluding hydrogens is 320 g/mol. The zero-order chi connectivity index (χ0) is 15.8. The van der Waals surface area contributed by atoms with E-state index in [9.17, 15) is 4.79 Å². The van der Waals surface area contributed by atoms with Crippen LogP contribution >= 0.6 is 23.1 Å². The topological polar surface area (TPSA) is 76.1 Å². The highest BCUT2D eigenvalue weighted by molar-refractivity contribution is 8.01. The summed E-state index contributed by atoms with van der Waals surface area (Å²) in [6.45, 7) is 5.13. The van der Waals surface area contributed by atoms with Crippen molar-refractivity contribution in [1.29, 1.82) is 0 Å². The molecule has 1 heterocycles. The average molecular weight is 338 g/mol. The molecule has 0 fully saturated rings. The number of nitrogens with one attached hydrogen (secondary N) is 2. The molecular formula is C14H18N4O2S2. The van der Waals surface area contributed by atoms with Crippen LogP contribution in [-0.2, 0) is 4.79 Å². The highest BCUT2D eigenvalue weighted by atomic mass is 32.2. The molecule has 0 radical (unpaired) electrons. The summed E-state index contributed by atoms with van der Waals surface area (Å²) in [4.78, 5) is 11.4. The summed E-state index contributed by atoms with van der Waals surface area (Å²) < 4.78 is 6.16. The van der Waals surface area contributed by atoms with E-state index < -0.39 is 0 Å². The number of carbonyl (C=O) groups is 1. The van der Waals surface area contributed by atoms with Crippen molar-refractivity contribution in [2.45, 2.75) is 18.2 Å². The fraction of sp³-hybridized carbons (Fsp3) is 0.357. The Morgan fingerprint density at radius 1 is 1.27 bits per heavy atom. The van der Waals surface area contributed by atoms with Crippen molar-refractivity contribution in [1.82, 2.24) is 15.5 Å². The second-order valence-corrected chi connectivity index (χ2v) is 6.40. The average Bonchev–Trinajstić information content (AvgIpc) is 2.95. The summed E-state index contributed by atoms with van der Waals surface area (Å²) in [5, 5.41) is 14.7. The molecule has 118 valence electrons. The summed E-state index contributed by atoms with van der Waals surface area (Å²) in [7, 11) is 0. The first-order chi connectivity index (χ1) is 10.7. The van der Waals surface area contributed by atoms with Crippen LogP contribution in [0.3, 0.4) is 0 Å². The van der Waals surface area contributed by atoms with E-state index >= 15 is 0 Å². The third kappa shape index (κ3) is 5.19. The van der Waals surface area contributed by atoms with Gasteiger partial charge in [0, 0.05) is 12.2 Å². The molecule has 1 aromatic carbocycles. The molecule has 6 nitrogen and oxygen atoms in total. The Morgan fingerprint density at radius 2 is 2.05 bits per heavy atom. The van der Waals surface area contributed by atoms with Gasteiger partial charge in [-0.2, -0.15) is 0 Å². The van der Waals surface area contributed by atoms with Crippen molar-refractivity contribution in [2.24, 2.45) is 0 Å². The van der Waals surface area contributed by atoms with Gasteiger partial charge in [-0.3, -0.25) is 4.79 Å². The number of aromatic nitrogens is 2. The second kappa shape index (κ2) is 8.60. The molecule has 0 aliphatic carbocycles. The lowest BCUT2D eigenvalue weighted by molar-refractivity contribution is -0.118. The highest BCUT2D eigenvalue weighted by Gasteiger charge is 2.08. The number of amides is 1. The van der Waals surface area contributed by atoms with E-state index in [1.807, 2.05) is 38.1 Å². The first-order valence-electron chi connectivity index (χ1n) is 6.94. The zero-order valence-corrected chi connectivity index (χ0v) is 14.1. The number of benzene rings is 1. The van der Waals surface area contributed by atoms with Crippen molar-refractivity contribution in [3.63, 3.8) is 0 Å². The Balaban J connectivity index is 1.87. The SMILES string of the molecule is CCNC(=O)CSc1nnc(Nc2ccc(OCC)cc2)s1. The standard InChI is InChI=1S/C14H18N4O2S2/c1-3-15-12(19)9-21-14-18-17-13(22-14)16-10-5-7-11(8-6-10)20-4-2/h5-8H,3-4,9H2,1-2H3,(H,15,19)(H,16,17). The monoisotopic (exact) mass is 338 g/mol. The van der Waals surface area contributed by atoms with Gasteiger partial charge < -0.3 is 15.4 Å². The molecule has 0 unspecified atom stereocenters. The van der Waals surface area contributed by atoms with Crippen LogP contribution in [-0.4, -0.2) is 35.0 Å². The lowest BCUT2D eigenvalue weighted by Crippen LogP contribution is -2.24. The summed E-state index contributed by atoms with van der Waals surface area (Å²) in [6, 6.07) is 7.65. The Bertz CT molecular complexity index is 601. The molecule has 0 aliphatic heterocycles. The molecule has 0 saturated heterocycles. The number of rotatable bonds is 8. The van der Waals surface area contributed by atoms with Crippen molar-refractivity contribution in [3.05, 3.63) is 24.3 Å². The third-order valence-electron chi connectivity index (χ3n) is 2.52. The molecule has 0 atom stereocenters. The normalized spacial score (nSPS) is 10.3. The minimum absolute atomic E-state index is 0.00345. The van der Waals surface area contributed by atoms with Crippen LogP contribution in [0.1, 0.15) is 13.8 Å². The predicted octanol–water partition coefficient (Wildman–Crippen LogP) is 2.91. The number of thioether (sulfide) groups is 1.